The molecule has 1 amide bonds. The van der Waals surface area contributed by atoms with Gasteiger partial charge in [-0.3, -0.25) is 4.79 Å². The second-order valence-electron chi connectivity index (χ2n) is 3.07. The fourth-order valence-corrected chi connectivity index (χ4v) is 2.14. The number of nitrogens with one attached hydrogen (secondary N) is 1. The Morgan fingerprint density at radius 3 is 2.33 bits per heavy atom. The van der Waals surface area contributed by atoms with Crippen LogP contribution in [0.1, 0.15) is 0 Å². The molecule has 15 heavy (non-hydrogen) atoms. The van der Waals surface area contributed by atoms with E-state index < -0.39 is 0 Å². The Hall–Kier alpha value is -0.840. The number of rotatable bonds is 1. The highest BCUT2D eigenvalue weighted by atomic mass is 35.5. The topological polar surface area (TPSA) is 32.3 Å². The number of hydrogen-bond donors (Lipinski definition) is 1. The minimum Gasteiger partial charge on any atom is -0.309 e. The molecule has 0 aliphatic carbocycles. The normalized spacial score (nSPS) is 15.7. The summed E-state index contributed by atoms with van der Waals surface area (Å²) in [6.45, 7) is 0.204. The number of nitrogens with zero attached hydrogens (tertiary/aromatic N) is 1. The van der Waals surface area contributed by atoms with E-state index in [2.05, 4.69) is 5.32 Å². The van der Waals surface area contributed by atoms with E-state index in [0.29, 0.717) is 15.2 Å². The molecular weight excluding hydrogens is 255 g/mol. The van der Waals surface area contributed by atoms with Crippen LogP contribution in [0.4, 0.5) is 5.69 Å². The molecular formula is C9H6Cl2N2OS. The summed E-state index contributed by atoms with van der Waals surface area (Å²) in [4.78, 5) is 12.7. The van der Waals surface area contributed by atoms with Crippen LogP contribution in [0.5, 0.6) is 0 Å². The zero-order valence-corrected chi connectivity index (χ0v) is 9.79. The van der Waals surface area contributed by atoms with Gasteiger partial charge in [0.15, 0.2) is 5.11 Å². The molecule has 1 heterocycles. The fraction of sp³-hybridized carbons (Fsp3) is 0.111. The van der Waals surface area contributed by atoms with Gasteiger partial charge in [-0.2, -0.15) is 0 Å². The highest BCUT2D eigenvalue weighted by Crippen LogP contribution is 2.26. The van der Waals surface area contributed by atoms with Crippen LogP contribution in [0.3, 0.4) is 0 Å². The molecule has 0 radical (unpaired) electrons. The Labute approximate surface area is 102 Å². The molecule has 1 fully saturated rings. The first kappa shape index (κ1) is 10.7. The van der Waals surface area contributed by atoms with Gasteiger partial charge >= 0.3 is 0 Å². The van der Waals surface area contributed by atoms with Crippen molar-refractivity contribution in [2.75, 3.05) is 11.4 Å². The molecule has 0 bridgehead atoms. The van der Waals surface area contributed by atoms with E-state index >= 15 is 0 Å². The van der Waals surface area contributed by atoms with Gasteiger partial charge in [-0.15, -0.1) is 0 Å². The first-order valence-corrected chi connectivity index (χ1v) is 5.30. The van der Waals surface area contributed by atoms with E-state index in [1.807, 2.05) is 0 Å². The number of thiocarbonyl (C=S) groups is 1. The molecule has 1 saturated heterocycles. The van der Waals surface area contributed by atoms with E-state index in [0.717, 1.165) is 5.69 Å². The molecule has 0 spiro atoms. The van der Waals surface area contributed by atoms with Gasteiger partial charge in [-0.25, -0.2) is 0 Å². The van der Waals surface area contributed by atoms with Crippen molar-refractivity contribution in [2.45, 2.75) is 0 Å². The third-order valence-electron chi connectivity index (χ3n) is 1.95. The summed E-state index contributed by atoms with van der Waals surface area (Å²) in [5.74, 6) is -0.129. The van der Waals surface area contributed by atoms with Crippen molar-refractivity contribution in [1.29, 1.82) is 0 Å². The second kappa shape index (κ2) is 3.96. The molecule has 78 valence electrons. The molecule has 1 aliphatic rings. The van der Waals surface area contributed by atoms with Gasteiger partial charge in [0, 0.05) is 15.7 Å². The Balaban J connectivity index is 2.37. The van der Waals surface area contributed by atoms with Crippen LogP contribution < -0.4 is 10.2 Å². The van der Waals surface area contributed by atoms with Gasteiger partial charge in [0.2, 0.25) is 5.91 Å². The van der Waals surface area contributed by atoms with Crippen molar-refractivity contribution >= 4 is 52.1 Å². The molecule has 0 atom stereocenters. The molecule has 0 aromatic heterocycles. The maximum atomic E-state index is 11.1. The highest BCUT2D eigenvalue weighted by molar-refractivity contribution is 7.80. The van der Waals surface area contributed by atoms with Crippen LogP contribution in [-0.2, 0) is 4.79 Å². The predicted molar refractivity (Wildman–Crippen MR) is 64.5 cm³/mol. The number of hydrogen-bond acceptors (Lipinski definition) is 2. The standard InChI is InChI=1S/C9H6Cl2N2OS/c10-5-1-6(11)3-7(2-5)13-4-8(14)12-9(13)15/h1-3H,4H2,(H,12,14,15). The summed E-state index contributed by atoms with van der Waals surface area (Å²) >= 11 is 16.7. The fourth-order valence-electron chi connectivity index (χ4n) is 1.35. The van der Waals surface area contributed by atoms with Crippen molar-refractivity contribution in [3.05, 3.63) is 28.2 Å². The predicted octanol–water partition coefficient (Wildman–Crippen LogP) is 2.21. The smallest absolute Gasteiger partial charge is 0.246 e. The average Bonchev–Trinajstić information content (AvgIpc) is 2.43. The third kappa shape index (κ3) is 2.22. The molecule has 1 aromatic carbocycles. The van der Waals surface area contributed by atoms with Crippen molar-refractivity contribution < 1.29 is 4.79 Å². The number of carbonyl (C=O) groups is 1. The zero-order valence-electron chi connectivity index (χ0n) is 7.46. The van der Waals surface area contributed by atoms with Crippen LogP contribution in [0.2, 0.25) is 10.0 Å². The summed E-state index contributed by atoms with van der Waals surface area (Å²) in [7, 11) is 0. The summed E-state index contributed by atoms with van der Waals surface area (Å²) in [6, 6.07) is 5.04. The molecule has 2 rings (SSSR count). The maximum Gasteiger partial charge on any atom is 0.246 e. The molecule has 3 nitrogen and oxygen atoms in total. The number of anilines is 1. The van der Waals surface area contributed by atoms with E-state index in [-0.39, 0.29) is 12.5 Å². The van der Waals surface area contributed by atoms with Crippen LogP contribution in [-0.4, -0.2) is 17.6 Å². The summed E-state index contributed by atoms with van der Waals surface area (Å²) in [5.41, 5.74) is 0.718. The Morgan fingerprint density at radius 1 is 1.27 bits per heavy atom. The lowest BCUT2D eigenvalue weighted by Crippen LogP contribution is -2.27. The number of benzene rings is 1. The van der Waals surface area contributed by atoms with E-state index in [4.69, 9.17) is 35.4 Å². The Kier molecular flexibility index (Phi) is 2.82. The SMILES string of the molecule is O=C1CN(c2cc(Cl)cc(Cl)c2)C(=S)N1. The van der Waals surface area contributed by atoms with E-state index in [9.17, 15) is 4.79 Å². The van der Waals surface area contributed by atoms with Gasteiger partial charge < -0.3 is 10.2 Å². The molecule has 1 aliphatic heterocycles. The minimum atomic E-state index is -0.129. The Morgan fingerprint density at radius 2 is 1.87 bits per heavy atom. The van der Waals surface area contributed by atoms with E-state index in [1.165, 1.54) is 0 Å². The van der Waals surface area contributed by atoms with Crippen molar-refractivity contribution in [1.82, 2.24) is 5.32 Å². The van der Waals surface area contributed by atoms with Crippen LogP contribution in [0.25, 0.3) is 0 Å². The first-order chi connectivity index (χ1) is 7.06. The Bertz CT molecular complexity index is 429. The molecule has 1 N–H and O–H groups in total. The summed E-state index contributed by atoms with van der Waals surface area (Å²) in [5, 5.41) is 3.94. The zero-order chi connectivity index (χ0) is 11.0. The van der Waals surface area contributed by atoms with Gasteiger partial charge in [0.25, 0.3) is 0 Å². The average molecular weight is 261 g/mol. The van der Waals surface area contributed by atoms with Crippen LogP contribution in [0.15, 0.2) is 18.2 Å². The molecule has 0 saturated carbocycles. The van der Waals surface area contributed by atoms with Gasteiger partial charge in [-0.1, -0.05) is 23.2 Å². The van der Waals surface area contributed by atoms with Crippen molar-refractivity contribution in [3.8, 4) is 0 Å². The van der Waals surface area contributed by atoms with Crippen LogP contribution >= 0.6 is 35.4 Å². The summed E-state index contributed by atoms with van der Waals surface area (Å²) in [6.07, 6.45) is 0. The van der Waals surface area contributed by atoms with Gasteiger partial charge in [0.1, 0.15) is 6.54 Å². The number of halogens is 2. The monoisotopic (exact) mass is 260 g/mol. The van der Waals surface area contributed by atoms with Gasteiger partial charge in [-0.05, 0) is 30.4 Å². The quantitative estimate of drug-likeness (QED) is 0.787. The lowest BCUT2D eigenvalue weighted by molar-refractivity contribution is -0.117. The maximum absolute atomic E-state index is 11.1. The molecule has 6 heteroatoms. The number of amides is 1. The van der Waals surface area contributed by atoms with Crippen molar-refractivity contribution in [3.63, 3.8) is 0 Å². The lowest BCUT2D eigenvalue weighted by atomic mass is 10.3. The molecule has 0 unspecified atom stereocenters. The first-order valence-electron chi connectivity index (χ1n) is 4.14. The van der Waals surface area contributed by atoms with Crippen LogP contribution in [0, 0.1) is 0 Å². The van der Waals surface area contributed by atoms with E-state index in [1.54, 1.807) is 23.1 Å². The molecule has 1 aromatic rings. The third-order valence-corrected chi connectivity index (χ3v) is 2.71. The largest absolute Gasteiger partial charge is 0.309 e. The highest BCUT2D eigenvalue weighted by Gasteiger charge is 2.24. The second-order valence-corrected chi connectivity index (χ2v) is 4.33. The summed E-state index contributed by atoms with van der Waals surface area (Å²) < 4.78 is 0. The van der Waals surface area contributed by atoms with Crippen molar-refractivity contribution in [2.24, 2.45) is 0 Å². The number of carbonyl (C=O) groups excluding carboxylic acids is 1. The lowest BCUT2D eigenvalue weighted by Gasteiger charge is -2.15. The van der Waals surface area contributed by atoms with Gasteiger partial charge in [0.05, 0.1) is 0 Å². The minimum absolute atomic E-state index is 0.129.